The van der Waals surface area contributed by atoms with Crippen LogP contribution < -0.4 is 18.9 Å². The lowest BCUT2D eigenvalue weighted by Gasteiger charge is -2.27. The van der Waals surface area contributed by atoms with Crippen molar-refractivity contribution >= 4 is 23.7 Å². The smallest absolute Gasteiger partial charge is 0.308 e. The second-order valence-corrected chi connectivity index (χ2v) is 6.39. The predicted octanol–water partition coefficient (Wildman–Crippen LogP) is 2.71. The lowest BCUT2D eigenvalue weighted by Crippen LogP contribution is -2.26. The molecule has 2 aromatic rings. The molecular weight excluding hydrogens is 380 g/mol. The molecule has 3 rings (SSSR count). The molecular formula is C21H18O8. The fourth-order valence-electron chi connectivity index (χ4n) is 2.94. The van der Waals surface area contributed by atoms with Gasteiger partial charge in [0, 0.05) is 50.5 Å². The Morgan fingerprint density at radius 1 is 0.862 bits per heavy atom. The molecule has 1 heterocycles. The zero-order chi connectivity index (χ0) is 21.1. The van der Waals surface area contributed by atoms with Crippen LogP contribution in [0.3, 0.4) is 0 Å². The summed E-state index contributed by atoms with van der Waals surface area (Å²) in [6.07, 6.45) is -0.944. The van der Waals surface area contributed by atoms with Gasteiger partial charge in [0.25, 0.3) is 0 Å². The first-order valence-corrected chi connectivity index (χ1v) is 8.74. The van der Waals surface area contributed by atoms with E-state index in [-0.39, 0.29) is 29.5 Å². The van der Waals surface area contributed by atoms with Gasteiger partial charge in [0.15, 0.2) is 11.9 Å². The molecule has 0 fully saturated rings. The van der Waals surface area contributed by atoms with Crippen molar-refractivity contribution in [2.45, 2.75) is 33.3 Å². The van der Waals surface area contributed by atoms with Gasteiger partial charge in [0.1, 0.15) is 23.0 Å². The molecule has 1 aliphatic heterocycles. The number of carbonyl (C=O) groups excluding carboxylic acids is 4. The van der Waals surface area contributed by atoms with E-state index in [0.717, 1.165) is 0 Å². The first kappa shape index (κ1) is 20.1. The summed E-state index contributed by atoms with van der Waals surface area (Å²) < 4.78 is 21.1. The molecule has 0 aliphatic carbocycles. The van der Waals surface area contributed by atoms with Crippen molar-refractivity contribution in [3.8, 4) is 23.0 Å². The third-order valence-electron chi connectivity index (χ3n) is 3.99. The molecule has 0 bridgehead atoms. The molecule has 0 N–H and O–H groups in total. The zero-order valence-corrected chi connectivity index (χ0v) is 16.0. The Hall–Kier alpha value is -3.68. The molecule has 150 valence electrons. The van der Waals surface area contributed by atoms with Crippen LogP contribution in [0.5, 0.6) is 23.0 Å². The summed E-state index contributed by atoms with van der Waals surface area (Å²) in [6.45, 7) is 3.76. The number of carbonyl (C=O) groups is 4. The largest absolute Gasteiger partial charge is 0.477 e. The van der Waals surface area contributed by atoms with E-state index in [0.29, 0.717) is 16.9 Å². The minimum absolute atomic E-state index is 0.0331. The molecule has 0 amide bonds. The Labute approximate surface area is 166 Å². The molecule has 1 atom stereocenters. The fourth-order valence-corrected chi connectivity index (χ4v) is 2.94. The van der Waals surface area contributed by atoms with E-state index in [9.17, 15) is 19.2 Å². The van der Waals surface area contributed by atoms with Gasteiger partial charge in [-0.2, -0.15) is 0 Å². The summed E-state index contributed by atoms with van der Waals surface area (Å²) in [5.74, 6) is -0.980. The maximum atomic E-state index is 12.7. The Morgan fingerprint density at radius 2 is 1.45 bits per heavy atom. The van der Waals surface area contributed by atoms with Gasteiger partial charge < -0.3 is 18.9 Å². The van der Waals surface area contributed by atoms with Crippen molar-refractivity contribution in [3.05, 3.63) is 47.5 Å². The van der Waals surface area contributed by atoms with E-state index in [1.165, 1.54) is 32.9 Å². The maximum Gasteiger partial charge on any atom is 0.308 e. The topological polar surface area (TPSA) is 105 Å². The van der Waals surface area contributed by atoms with Crippen LogP contribution in [0, 0.1) is 0 Å². The van der Waals surface area contributed by atoms with Crippen molar-refractivity contribution in [3.63, 3.8) is 0 Å². The quantitative estimate of drug-likeness (QED) is 0.572. The Kier molecular flexibility index (Phi) is 5.63. The molecule has 1 unspecified atom stereocenters. The van der Waals surface area contributed by atoms with E-state index in [4.69, 9.17) is 18.9 Å². The lowest BCUT2D eigenvalue weighted by molar-refractivity contribution is -0.133. The summed E-state index contributed by atoms with van der Waals surface area (Å²) in [5, 5.41) is 0. The molecule has 1 aliphatic rings. The van der Waals surface area contributed by atoms with Gasteiger partial charge in [0.05, 0.1) is 0 Å². The Bertz CT molecular complexity index is 990. The Balaban J connectivity index is 1.94. The standard InChI is InChI=1S/C21H18O8/c1-11(22)26-15-6-4-14(5-7-15)21-18(25)10-17-19(28-13(3)24)8-16(27-12(2)23)9-20(17)29-21/h4-9,21H,10H2,1-3H3. The number of benzene rings is 2. The SMILES string of the molecule is CC(=O)Oc1ccc(C2Oc3cc(OC(C)=O)cc(OC(C)=O)c3CC2=O)cc1. The van der Waals surface area contributed by atoms with Gasteiger partial charge in [-0.15, -0.1) is 0 Å². The van der Waals surface area contributed by atoms with E-state index in [1.54, 1.807) is 24.3 Å². The molecule has 29 heavy (non-hydrogen) atoms. The van der Waals surface area contributed by atoms with Gasteiger partial charge in [0.2, 0.25) is 0 Å². The summed E-state index contributed by atoms with van der Waals surface area (Å²) in [5.41, 5.74) is 0.956. The highest BCUT2D eigenvalue weighted by Gasteiger charge is 2.32. The Morgan fingerprint density at radius 3 is 2.03 bits per heavy atom. The van der Waals surface area contributed by atoms with Crippen LogP contribution in [-0.2, 0) is 25.6 Å². The molecule has 0 radical (unpaired) electrons. The highest BCUT2D eigenvalue weighted by Crippen LogP contribution is 2.41. The van der Waals surface area contributed by atoms with Crippen LogP contribution in [0.2, 0.25) is 0 Å². The summed E-state index contributed by atoms with van der Waals surface area (Å²) in [6, 6.07) is 9.19. The van der Waals surface area contributed by atoms with Crippen LogP contribution in [0.4, 0.5) is 0 Å². The number of hydrogen-bond acceptors (Lipinski definition) is 8. The second kappa shape index (κ2) is 8.14. The van der Waals surface area contributed by atoms with E-state index < -0.39 is 24.0 Å². The summed E-state index contributed by atoms with van der Waals surface area (Å²) >= 11 is 0. The summed E-state index contributed by atoms with van der Waals surface area (Å²) in [7, 11) is 0. The highest BCUT2D eigenvalue weighted by atomic mass is 16.6. The van der Waals surface area contributed by atoms with E-state index in [2.05, 4.69) is 0 Å². The average Bonchev–Trinajstić information content (AvgIpc) is 2.61. The highest BCUT2D eigenvalue weighted by molar-refractivity contribution is 5.90. The lowest BCUT2D eigenvalue weighted by atomic mass is 9.95. The number of fused-ring (bicyclic) bond motifs is 1. The summed E-state index contributed by atoms with van der Waals surface area (Å²) in [4.78, 5) is 46.4. The van der Waals surface area contributed by atoms with Crippen molar-refractivity contribution in [2.24, 2.45) is 0 Å². The molecule has 0 saturated carbocycles. The van der Waals surface area contributed by atoms with Gasteiger partial charge in [-0.25, -0.2) is 0 Å². The zero-order valence-electron chi connectivity index (χ0n) is 16.0. The molecule has 0 saturated heterocycles. The molecule has 0 spiro atoms. The molecule has 8 nitrogen and oxygen atoms in total. The maximum absolute atomic E-state index is 12.7. The minimum Gasteiger partial charge on any atom is -0.477 e. The van der Waals surface area contributed by atoms with Crippen molar-refractivity contribution in [2.75, 3.05) is 0 Å². The van der Waals surface area contributed by atoms with Crippen LogP contribution in [-0.4, -0.2) is 23.7 Å². The second-order valence-electron chi connectivity index (χ2n) is 6.39. The van der Waals surface area contributed by atoms with E-state index in [1.807, 2.05) is 0 Å². The number of hydrogen-bond donors (Lipinski definition) is 0. The number of ether oxygens (including phenoxy) is 4. The van der Waals surface area contributed by atoms with Crippen LogP contribution >= 0.6 is 0 Å². The normalized spacial score (nSPS) is 15.0. The fraction of sp³-hybridized carbons (Fsp3) is 0.238. The van der Waals surface area contributed by atoms with Gasteiger partial charge in [-0.1, -0.05) is 12.1 Å². The van der Waals surface area contributed by atoms with Crippen molar-refractivity contribution < 1.29 is 38.1 Å². The van der Waals surface area contributed by atoms with Crippen LogP contribution in [0.15, 0.2) is 36.4 Å². The predicted molar refractivity (Wildman–Crippen MR) is 98.9 cm³/mol. The number of Topliss-reactive ketones (excluding diaryl/α,β-unsaturated/α-hetero) is 1. The van der Waals surface area contributed by atoms with Gasteiger partial charge >= 0.3 is 17.9 Å². The third-order valence-corrected chi connectivity index (χ3v) is 3.99. The number of esters is 3. The van der Waals surface area contributed by atoms with Gasteiger partial charge in [-0.3, -0.25) is 19.2 Å². The first-order chi connectivity index (χ1) is 13.7. The average molecular weight is 398 g/mol. The number of rotatable bonds is 4. The number of ketones is 1. The van der Waals surface area contributed by atoms with Crippen molar-refractivity contribution in [1.29, 1.82) is 0 Å². The van der Waals surface area contributed by atoms with Crippen LogP contribution in [0.1, 0.15) is 38.0 Å². The van der Waals surface area contributed by atoms with Crippen LogP contribution in [0.25, 0.3) is 0 Å². The van der Waals surface area contributed by atoms with Gasteiger partial charge in [-0.05, 0) is 12.1 Å². The van der Waals surface area contributed by atoms with Crippen molar-refractivity contribution in [1.82, 2.24) is 0 Å². The van der Waals surface area contributed by atoms with E-state index >= 15 is 0 Å². The minimum atomic E-state index is -0.911. The molecule has 0 aromatic heterocycles. The first-order valence-electron chi connectivity index (χ1n) is 8.74. The monoisotopic (exact) mass is 398 g/mol. The third kappa shape index (κ3) is 4.78. The molecule has 8 heteroatoms. The molecule has 2 aromatic carbocycles.